The molecular weight excluding hydrogens is 463 g/mol. The van der Waals surface area contributed by atoms with E-state index in [1.54, 1.807) is 36.7 Å². The van der Waals surface area contributed by atoms with Crippen molar-refractivity contribution in [2.45, 2.75) is 32.4 Å². The number of nitrogens with zero attached hydrogens (tertiary/aromatic N) is 2. The maximum absolute atomic E-state index is 14.9. The highest BCUT2D eigenvalue weighted by atomic mass is 19.1. The summed E-state index contributed by atoms with van der Waals surface area (Å²) in [6.07, 6.45) is 3.37. The topological polar surface area (TPSA) is 101 Å². The summed E-state index contributed by atoms with van der Waals surface area (Å²) in [7, 11) is 0. The molecule has 3 amide bonds. The fourth-order valence-electron chi connectivity index (χ4n) is 3.90. The lowest BCUT2D eigenvalue weighted by atomic mass is 10.0. The van der Waals surface area contributed by atoms with Gasteiger partial charge in [0.25, 0.3) is 0 Å². The van der Waals surface area contributed by atoms with Gasteiger partial charge in [-0.05, 0) is 47.4 Å². The maximum Gasteiger partial charge on any atom is 0.414 e. The molecule has 1 aliphatic heterocycles. The number of cyclic esters (lactones) is 1. The molecule has 0 spiro atoms. The fourth-order valence-corrected chi connectivity index (χ4v) is 3.90. The minimum Gasteiger partial charge on any atom is -0.442 e. The van der Waals surface area contributed by atoms with Crippen LogP contribution in [0.15, 0.2) is 67.0 Å². The standard InChI is InChI=1S/C27H27FN4O4/c1-18(33)30-16-23-17-32(27(35)36-23)22-9-10-24(25(28)13-22)21-7-4-20(5-8-21)15-31-26(34)11-6-19-3-2-12-29-14-19/h2-5,7-10,12-14,23H,6,11,15-17H2,1H3,(H,30,33)(H,31,34)/t23-/m0/s1. The fraction of sp³-hybridized carbons (Fsp3) is 0.259. The molecule has 4 rings (SSSR count). The molecule has 1 fully saturated rings. The molecular formula is C27H27FN4O4. The van der Waals surface area contributed by atoms with Crippen LogP contribution in [0, 0.1) is 5.82 Å². The van der Waals surface area contributed by atoms with Gasteiger partial charge in [-0.1, -0.05) is 30.3 Å². The van der Waals surface area contributed by atoms with Gasteiger partial charge in [0.2, 0.25) is 11.8 Å². The average Bonchev–Trinajstić information content (AvgIpc) is 3.26. The number of amides is 3. The number of halogens is 1. The minimum atomic E-state index is -0.579. The van der Waals surface area contributed by atoms with Crippen molar-refractivity contribution in [3.05, 3.63) is 83.9 Å². The van der Waals surface area contributed by atoms with Crippen LogP contribution in [-0.4, -0.2) is 42.1 Å². The van der Waals surface area contributed by atoms with Crippen LogP contribution in [-0.2, 0) is 27.3 Å². The Morgan fingerprint density at radius 1 is 1.11 bits per heavy atom. The number of pyridine rings is 1. The lowest BCUT2D eigenvalue weighted by Crippen LogP contribution is -2.33. The van der Waals surface area contributed by atoms with Crippen molar-refractivity contribution in [1.82, 2.24) is 15.6 Å². The van der Waals surface area contributed by atoms with Crippen molar-refractivity contribution in [3.8, 4) is 11.1 Å². The van der Waals surface area contributed by atoms with Crippen LogP contribution in [0.4, 0.5) is 14.9 Å². The smallest absolute Gasteiger partial charge is 0.414 e. The number of carbonyl (C=O) groups excluding carboxylic acids is 3. The van der Waals surface area contributed by atoms with Crippen molar-refractivity contribution >= 4 is 23.6 Å². The molecule has 1 atom stereocenters. The molecule has 36 heavy (non-hydrogen) atoms. The van der Waals surface area contributed by atoms with Crippen molar-refractivity contribution in [3.63, 3.8) is 0 Å². The number of hydrogen-bond donors (Lipinski definition) is 2. The van der Waals surface area contributed by atoms with Crippen LogP contribution in [0.1, 0.15) is 24.5 Å². The third kappa shape index (κ3) is 6.44. The van der Waals surface area contributed by atoms with Gasteiger partial charge in [0.1, 0.15) is 11.9 Å². The van der Waals surface area contributed by atoms with E-state index in [9.17, 15) is 18.8 Å². The van der Waals surface area contributed by atoms with Gasteiger partial charge in [0, 0.05) is 37.8 Å². The summed E-state index contributed by atoms with van der Waals surface area (Å²) >= 11 is 0. The van der Waals surface area contributed by atoms with Gasteiger partial charge >= 0.3 is 6.09 Å². The molecule has 186 valence electrons. The summed E-state index contributed by atoms with van der Waals surface area (Å²) in [6.45, 7) is 2.19. The number of carbonyl (C=O) groups is 3. The third-order valence-electron chi connectivity index (χ3n) is 5.84. The van der Waals surface area contributed by atoms with E-state index in [1.807, 2.05) is 24.3 Å². The number of aryl methyl sites for hydroxylation is 1. The van der Waals surface area contributed by atoms with Crippen LogP contribution in [0.2, 0.25) is 0 Å². The zero-order valence-electron chi connectivity index (χ0n) is 19.9. The van der Waals surface area contributed by atoms with E-state index >= 15 is 0 Å². The Labute approximate surface area is 208 Å². The van der Waals surface area contributed by atoms with E-state index in [2.05, 4.69) is 15.6 Å². The molecule has 9 heteroatoms. The van der Waals surface area contributed by atoms with Crippen LogP contribution in [0.3, 0.4) is 0 Å². The largest absolute Gasteiger partial charge is 0.442 e. The first-order valence-corrected chi connectivity index (χ1v) is 11.7. The molecule has 0 aliphatic carbocycles. The Balaban J connectivity index is 1.32. The quantitative estimate of drug-likeness (QED) is 0.477. The number of ether oxygens (including phenoxy) is 1. The summed E-state index contributed by atoms with van der Waals surface area (Å²) in [5, 5.41) is 5.51. The molecule has 0 saturated carbocycles. The van der Waals surface area contributed by atoms with Crippen LogP contribution < -0.4 is 15.5 Å². The number of benzene rings is 2. The molecule has 1 saturated heterocycles. The predicted octanol–water partition coefficient (Wildman–Crippen LogP) is 3.60. The van der Waals surface area contributed by atoms with Crippen LogP contribution in [0.5, 0.6) is 0 Å². The number of rotatable bonds is 9. The van der Waals surface area contributed by atoms with E-state index in [-0.39, 0.29) is 24.9 Å². The Morgan fingerprint density at radius 3 is 2.61 bits per heavy atom. The lowest BCUT2D eigenvalue weighted by molar-refractivity contribution is -0.121. The van der Waals surface area contributed by atoms with Gasteiger partial charge in [0.05, 0.1) is 18.8 Å². The second kappa shape index (κ2) is 11.4. The molecule has 3 aromatic rings. The first kappa shape index (κ1) is 24.8. The summed E-state index contributed by atoms with van der Waals surface area (Å²) in [5.74, 6) is -0.736. The minimum absolute atomic E-state index is 0.0516. The number of nitrogens with one attached hydrogen (secondary N) is 2. The number of aromatic nitrogens is 1. The van der Waals surface area contributed by atoms with Gasteiger partial charge in [-0.3, -0.25) is 19.5 Å². The number of hydrogen-bond acceptors (Lipinski definition) is 5. The van der Waals surface area contributed by atoms with E-state index in [0.29, 0.717) is 36.2 Å². The summed E-state index contributed by atoms with van der Waals surface area (Å²) in [6, 6.07) is 15.6. The highest BCUT2D eigenvalue weighted by Gasteiger charge is 2.32. The van der Waals surface area contributed by atoms with Crippen molar-refractivity contribution in [2.75, 3.05) is 18.0 Å². The van der Waals surface area contributed by atoms with Crippen molar-refractivity contribution in [2.24, 2.45) is 0 Å². The van der Waals surface area contributed by atoms with E-state index in [1.165, 1.54) is 17.9 Å². The molecule has 0 unspecified atom stereocenters. The molecule has 8 nitrogen and oxygen atoms in total. The summed E-state index contributed by atoms with van der Waals surface area (Å²) in [4.78, 5) is 40.8. The highest BCUT2D eigenvalue weighted by Crippen LogP contribution is 2.29. The normalized spacial score (nSPS) is 14.9. The Morgan fingerprint density at radius 2 is 1.92 bits per heavy atom. The molecule has 2 N–H and O–H groups in total. The maximum atomic E-state index is 14.9. The van der Waals surface area contributed by atoms with Crippen LogP contribution >= 0.6 is 0 Å². The van der Waals surface area contributed by atoms with Gasteiger partial charge in [-0.15, -0.1) is 0 Å². The van der Waals surface area contributed by atoms with Crippen molar-refractivity contribution < 1.29 is 23.5 Å². The molecule has 0 bridgehead atoms. The van der Waals surface area contributed by atoms with E-state index in [4.69, 9.17) is 4.74 Å². The molecule has 2 aromatic carbocycles. The predicted molar refractivity (Wildman–Crippen MR) is 133 cm³/mol. The second-order valence-corrected chi connectivity index (χ2v) is 8.55. The second-order valence-electron chi connectivity index (χ2n) is 8.55. The third-order valence-corrected chi connectivity index (χ3v) is 5.84. The summed E-state index contributed by atoms with van der Waals surface area (Å²) < 4.78 is 20.2. The van der Waals surface area contributed by atoms with Gasteiger partial charge in [0.15, 0.2) is 0 Å². The Bertz CT molecular complexity index is 1230. The lowest BCUT2D eigenvalue weighted by Gasteiger charge is -2.15. The monoisotopic (exact) mass is 490 g/mol. The molecule has 2 heterocycles. The number of anilines is 1. The van der Waals surface area contributed by atoms with Gasteiger partial charge < -0.3 is 15.4 Å². The van der Waals surface area contributed by atoms with E-state index in [0.717, 1.165) is 11.1 Å². The Kier molecular flexibility index (Phi) is 7.89. The highest BCUT2D eigenvalue weighted by molar-refractivity contribution is 5.90. The van der Waals surface area contributed by atoms with Crippen LogP contribution in [0.25, 0.3) is 11.1 Å². The first-order valence-electron chi connectivity index (χ1n) is 11.7. The zero-order valence-corrected chi connectivity index (χ0v) is 19.9. The molecule has 1 aliphatic rings. The zero-order chi connectivity index (χ0) is 25.5. The van der Waals surface area contributed by atoms with Crippen molar-refractivity contribution in [1.29, 1.82) is 0 Å². The average molecular weight is 491 g/mol. The molecule has 1 aromatic heterocycles. The van der Waals surface area contributed by atoms with Gasteiger partial charge in [-0.2, -0.15) is 0 Å². The van der Waals surface area contributed by atoms with Gasteiger partial charge in [-0.25, -0.2) is 9.18 Å². The first-order chi connectivity index (χ1) is 17.4. The SMILES string of the molecule is CC(=O)NC[C@H]1CN(c2ccc(-c3ccc(CNC(=O)CCc4cccnc4)cc3)c(F)c2)C(=O)O1. The Hall–Kier alpha value is -4.27. The van der Waals surface area contributed by atoms with E-state index < -0.39 is 18.0 Å². The molecule has 0 radical (unpaired) electrons. The summed E-state index contributed by atoms with van der Waals surface area (Å²) in [5.41, 5.74) is 3.37.